The van der Waals surface area contributed by atoms with Gasteiger partial charge in [-0.15, -0.1) is 0 Å². The number of carbonyl (C=O) groups excluding carboxylic acids is 3. The number of anilines is 2. The minimum Gasteiger partial charge on any atom is -0.367 e. The summed E-state index contributed by atoms with van der Waals surface area (Å²) in [5.41, 5.74) is 5.17. The Kier molecular flexibility index (Phi) is 6.89. The number of hydrogen-bond donors (Lipinski definition) is 1. The van der Waals surface area contributed by atoms with Crippen molar-refractivity contribution >= 4 is 39.9 Å². The molecule has 218 valence electrons. The number of imide groups is 1. The Morgan fingerprint density at radius 3 is 2.30 bits per heavy atom. The standard InChI is InChI=1S/C34H30F2N4O3/c35-24-9-11-28(27(36)19-24)39-16-14-38(15-17-39)20-22-6-4-21(5-7-22)18-23-8-10-29-32-25(23)2-1-3-26(32)34(43)40(29)30-12-13-31(41)37-33(30)42/h1-11,19,30H,12-18,20H2,(H,37,41,42). The molecule has 3 aliphatic heterocycles. The van der Waals surface area contributed by atoms with Gasteiger partial charge < -0.3 is 4.90 Å². The molecule has 2 saturated heterocycles. The van der Waals surface area contributed by atoms with Crippen LogP contribution in [-0.4, -0.2) is 54.8 Å². The maximum atomic E-state index is 14.2. The Bertz CT molecular complexity index is 1770. The smallest absolute Gasteiger partial charge is 0.259 e. The van der Waals surface area contributed by atoms with Crippen molar-refractivity contribution in [3.63, 3.8) is 0 Å². The van der Waals surface area contributed by atoms with E-state index in [1.807, 2.05) is 29.2 Å². The van der Waals surface area contributed by atoms with Crippen LogP contribution in [-0.2, 0) is 22.6 Å². The zero-order chi connectivity index (χ0) is 29.7. The highest BCUT2D eigenvalue weighted by Crippen LogP contribution is 2.41. The molecule has 43 heavy (non-hydrogen) atoms. The molecule has 2 fully saturated rings. The first-order valence-electron chi connectivity index (χ1n) is 14.6. The van der Waals surface area contributed by atoms with E-state index >= 15 is 0 Å². The minimum absolute atomic E-state index is 0.208. The van der Waals surface area contributed by atoms with Gasteiger partial charge in [-0.05, 0) is 59.2 Å². The summed E-state index contributed by atoms with van der Waals surface area (Å²) in [5.74, 6) is -2.04. The highest BCUT2D eigenvalue weighted by atomic mass is 19.1. The third-order valence-corrected chi connectivity index (χ3v) is 8.79. The number of nitrogens with zero attached hydrogens (tertiary/aromatic N) is 3. The van der Waals surface area contributed by atoms with Crippen LogP contribution in [0.15, 0.2) is 72.8 Å². The van der Waals surface area contributed by atoms with Crippen LogP contribution in [0.1, 0.15) is 39.9 Å². The normalized spacial score (nSPS) is 18.9. The van der Waals surface area contributed by atoms with Gasteiger partial charge in [0.05, 0.1) is 11.4 Å². The molecule has 1 unspecified atom stereocenters. The zero-order valence-corrected chi connectivity index (χ0v) is 23.5. The number of carbonyl (C=O) groups is 3. The molecule has 0 bridgehead atoms. The van der Waals surface area contributed by atoms with Gasteiger partial charge in [-0.2, -0.15) is 0 Å². The summed E-state index contributed by atoms with van der Waals surface area (Å²) >= 11 is 0. The number of amides is 3. The monoisotopic (exact) mass is 580 g/mol. The number of rotatable bonds is 6. The van der Waals surface area contributed by atoms with Gasteiger partial charge >= 0.3 is 0 Å². The molecule has 0 aromatic heterocycles. The SMILES string of the molecule is O=C1CCC(N2C(=O)c3cccc4c(Cc5ccc(CN6CCN(c7ccc(F)cc7F)CC6)cc5)ccc2c34)C(=O)N1. The fourth-order valence-electron chi connectivity index (χ4n) is 6.58. The zero-order valence-electron chi connectivity index (χ0n) is 23.5. The van der Waals surface area contributed by atoms with Crippen molar-refractivity contribution in [3.05, 3.63) is 107 Å². The Morgan fingerprint density at radius 2 is 1.56 bits per heavy atom. The van der Waals surface area contributed by atoms with E-state index in [9.17, 15) is 23.2 Å². The van der Waals surface area contributed by atoms with E-state index < -0.39 is 23.6 Å². The molecular formula is C34H30F2N4O3. The number of nitrogens with one attached hydrogen (secondary N) is 1. The predicted molar refractivity (Wildman–Crippen MR) is 160 cm³/mol. The van der Waals surface area contributed by atoms with Crippen LogP contribution in [0.5, 0.6) is 0 Å². The lowest BCUT2D eigenvalue weighted by atomic mass is 9.95. The van der Waals surface area contributed by atoms with Crippen molar-refractivity contribution in [1.82, 2.24) is 10.2 Å². The highest BCUT2D eigenvalue weighted by Gasteiger charge is 2.40. The van der Waals surface area contributed by atoms with E-state index in [1.54, 1.807) is 11.0 Å². The number of hydrogen-bond acceptors (Lipinski definition) is 5. The Hall–Kier alpha value is -4.63. The van der Waals surface area contributed by atoms with E-state index in [4.69, 9.17) is 0 Å². The summed E-state index contributed by atoms with van der Waals surface area (Å²) in [6, 6.07) is 21.2. The Morgan fingerprint density at radius 1 is 0.814 bits per heavy atom. The molecule has 0 spiro atoms. The summed E-state index contributed by atoms with van der Waals surface area (Å²) < 4.78 is 27.5. The predicted octanol–water partition coefficient (Wildman–Crippen LogP) is 4.80. The third kappa shape index (κ3) is 5.03. The van der Waals surface area contributed by atoms with Crippen molar-refractivity contribution in [2.45, 2.75) is 31.8 Å². The Labute approximate surface area is 247 Å². The van der Waals surface area contributed by atoms with Crippen LogP contribution in [0.3, 0.4) is 0 Å². The van der Waals surface area contributed by atoms with Gasteiger partial charge in [0.15, 0.2) is 0 Å². The van der Waals surface area contributed by atoms with Gasteiger partial charge in [0.1, 0.15) is 17.7 Å². The second kappa shape index (κ2) is 10.9. The molecule has 1 atom stereocenters. The van der Waals surface area contributed by atoms with E-state index in [1.165, 1.54) is 17.7 Å². The summed E-state index contributed by atoms with van der Waals surface area (Å²) in [4.78, 5) is 43.6. The summed E-state index contributed by atoms with van der Waals surface area (Å²) in [6.45, 7) is 3.71. The van der Waals surface area contributed by atoms with Crippen LogP contribution < -0.4 is 15.1 Å². The van der Waals surface area contributed by atoms with E-state index in [-0.39, 0.29) is 18.2 Å². The maximum Gasteiger partial charge on any atom is 0.259 e. The molecule has 7 nitrogen and oxygen atoms in total. The fourth-order valence-corrected chi connectivity index (χ4v) is 6.58. The maximum absolute atomic E-state index is 14.2. The van der Waals surface area contributed by atoms with Gasteiger partial charge in [0.2, 0.25) is 11.8 Å². The van der Waals surface area contributed by atoms with Crippen molar-refractivity contribution < 1.29 is 23.2 Å². The first-order chi connectivity index (χ1) is 20.9. The molecule has 3 aliphatic rings. The lowest BCUT2D eigenvalue weighted by molar-refractivity contribution is -0.134. The second-order valence-electron chi connectivity index (χ2n) is 11.5. The quantitative estimate of drug-likeness (QED) is 0.332. The molecule has 9 heteroatoms. The largest absolute Gasteiger partial charge is 0.367 e. The topological polar surface area (TPSA) is 73.0 Å². The molecule has 0 aliphatic carbocycles. The van der Waals surface area contributed by atoms with E-state index in [0.29, 0.717) is 42.9 Å². The van der Waals surface area contributed by atoms with Crippen LogP contribution in [0, 0.1) is 11.6 Å². The number of halogens is 2. The van der Waals surface area contributed by atoms with Crippen molar-refractivity contribution in [2.75, 3.05) is 36.0 Å². The molecule has 4 aromatic rings. The van der Waals surface area contributed by atoms with Crippen molar-refractivity contribution in [1.29, 1.82) is 0 Å². The van der Waals surface area contributed by atoms with Gasteiger partial charge in [0.25, 0.3) is 5.91 Å². The van der Waals surface area contributed by atoms with Crippen LogP contribution in [0.2, 0.25) is 0 Å². The summed E-state index contributed by atoms with van der Waals surface area (Å²) in [5, 5.41) is 4.21. The third-order valence-electron chi connectivity index (χ3n) is 8.79. The van der Waals surface area contributed by atoms with Crippen molar-refractivity contribution in [2.24, 2.45) is 0 Å². The molecule has 7 rings (SSSR count). The van der Waals surface area contributed by atoms with Crippen LogP contribution >= 0.6 is 0 Å². The average Bonchev–Trinajstić information content (AvgIpc) is 3.28. The lowest BCUT2D eigenvalue weighted by Crippen LogP contribution is -2.53. The fraction of sp³-hybridized carbons (Fsp3) is 0.265. The van der Waals surface area contributed by atoms with Gasteiger partial charge in [-0.25, -0.2) is 8.78 Å². The molecule has 0 saturated carbocycles. The molecule has 3 heterocycles. The number of benzene rings is 4. The highest BCUT2D eigenvalue weighted by molar-refractivity contribution is 6.27. The average molecular weight is 581 g/mol. The first-order valence-corrected chi connectivity index (χ1v) is 14.6. The summed E-state index contributed by atoms with van der Waals surface area (Å²) in [6.07, 6.45) is 1.21. The molecule has 3 amide bonds. The second-order valence-corrected chi connectivity index (χ2v) is 11.5. The van der Waals surface area contributed by atoms with Crippen LogP contribution in [0.4, 0.5) is 20.2 Å². The van der Waals surface area contributed by atoms with Crippen molar-refractivity contribution in [3.8, 4) is 0 Å². The van der Waals surface area contributed by atoms with E-state index in [2.05, 4.69) is 34.5 Å². The van der Waals surface area contributed by atoms with Crippen LogP contribution in [0.25, 0.3) is 10.8 Å². The minimum atomic E-state index is -0.703. The first kappa shape index (κ1) is 27.2. The molecule has 1 N–H and O–H groups in total. The Balaban J connectivity index is 1.04. The molecule has 0 radical (unpaired) electrons. The molecular weight excluding hydrogens is 550 g/mol. The van der Waals surface area contributed by atoms with Gasteiger partial charge in [-0.3, -0.25) is 29.5 Å². The number of piperidine rings is 1. The van der Waals surface area contributed by atoms with Gasteiger partial charge in [-0.1, -0.05) is 42.5 Å². The van der Waals surface area contributed by atoms with E-state index in [0.717, 1.165) is 47.6 Å². The van der Waals surface area contributed by atoms with Gasteiger partial charge in [0, 0.05) is 56.2 Å². The molecule has 4 aromatic carbocycles. The number of piperazine rings is 1. The lowest BCUT2D eigenvalue weighted by Gasteiger charge is -2.36. The summed E-state index contributed by atoms with van der Waals surface area (Å²) in [7, 11) is 0.